The Kier molecular flexibility index (Phi) is 7.48. The van der Waals surface area contributed by atoms with E-state index in [-0.39, 0.29) is 5.97 Å². The van der Waals surface area contributed by atoms with Gasteiger partial charge < -0.3 is 4.74 Å². The Morgan fingerprint density at radius 2 is 2.00 bits per heavy atom. The Balaban J connectivity index is 2.56. The number of allylic oxidation sites excluding steroid dienone is 6. The second-order valence-corrected chi connectivity index (χ2v) is 6.01. The summed E-state index contributed by atoms with van der Waals surface area (Å²) in [5.74, 6) is -0.298. The van der Waals surface area contributed by atoms with Crippen molar-refractivity contribution in [3.05, 3.63) is 63.4 Å². The van der Waals surface area contributed by atoms with Gasteiger partial charge in [0.15, 0.2) is 0 Å². The highest BCUT2D eigenvalue weighted by Crippen LogP contribution is 2.17. The molecule has 0 aliphatic heterocycles. The molecule has 0 fully saturated rings. The van der Waals surface area contributed by atoms with Crippen molar-refractivity contribution in [3.63, 3.8) is 0 Å². The molecule has 112 valence electrons. The van der Waals surface area contributed by atoms with Gasteiger partial charge >= 0.3 is 5.97 Å². The van der Waals surface area contributed by atoms with E-state index in [4.69, 9.17) is 4.74 Å². The predicted molar refractivity (Wildman–Crippen MR) is 91.4 cm³/mol. The largest absolute Gasteiger partial charge is 0.463 e. The Morgan fingerprint density at radius 3 is 2.62 bits per heavy atom. The normalized spacial score (nSPS) is 13.3. The second kappa shape index (κ2) is 9.14. The quantitative estimate of drug-likeness (QED) is 0.416. The van der Waals surface area contributed by atoms with Gasteiger partial charge in [0.1, 0.15) is 0 Å². The second-order valence-electron chi connectivity index (χ2n) is 4.69. The molecule has 0 atom stereocenters. The molecule has 1 rings (SSSR count). The molecule has 1 heterocycles. The number of hydrogen-bond donors (Lipinski definition) is 0. The molecule has 0 aliphatic rings. The Morgan fingerprint density at radius 1 is 1.24 bits per heavy atom. The summed E-state index contributed by atoms with van der Waals surface area (Å²) < 4.78 is 4.85. The van der Waals surface area contributed by atoms with Crippen molar-refractivity contribution in [1.29, 1.82) is 0 Å². The van der Waals surface area contributed by atoms with Crippen LogP contribution in [0.3, 0.4) is 0 Å². The highest BCUT2D eigenvalue weighted by molar-refractivity contribution is 7.12. The third kappa shape index (κ3) is 7.47. The van der Waals surface area contributed by atoms with E-state index < -0.39 is 0 Å². The lowest BCUT2D eigenvalue weighted by atomic mass is 10.2. The smallest absolute Gasteiger partial charge is 0.330 e. The van der Waals surface area contributed by atoms with Gasteiger partial charge in [-0.05, 0) is 51.5 Å². The molecule has 3 heteroatoms. The van der Waals surface area contributed by atoms with Gasteiger partial charge in [-0.3, -0.25) is 0 Å². The number of esters is 1. The summed E-state index contributed by atoms with van der Waals surface area (Å²) in [5.41, 5.74) is 2.02. The molecule has 0 saturated carbocycles. The fraction of sp³-hybridized carbons (Fsp3) is 0.278. The van der Waals surface area contributed by atoms with Crippen LogP contribution in [0.15, 0.2) is 53.7 Å². The SMILES string of the molecule is CCOC(=O)/C=C(C)/C=C/C=C(C)/C=C/c1ccc(C)s1. The number of rotatable bonds is 6. The van der Waals surface area contributed by atoms with E-state index in [9.17, 15) is 4.79 Å². The van der Waals surface area contributed by atoms with Crippen molar-refractivity contribution in [2.45, 2.75) is 27.7 Å². The van der Waals surface area contributed by atoms with E-state index in [0.29, 0.717) is 6.61 Å². The molecular formula is C18H22O2S. The minimum absolute atomic E-state index is 0.298. The molecule has 21 heavy (non-hydrogen) atoms. The average Bonchev–Trinajstić information content (AvgIpc) is 2.82. The first kappa shape index (κ1) is 17.2. The zero-order valence-electron chi connectivity index (χ0n) is 13.1. The summed E-state index contributed by atoms with van der Waals surface area (Å²) in [4.78, 5) is 13.8. The zero-order valence-corrected chi connectivity index (χ0v) is 13.9. The molecule has 0 saturated heterocycles. The number of ether oxygens (including phenoxy) is 1. The lowest BCUT2D eigenvalue weighted by molar-refractivity contribution is -0.137. The van der Waals surface area contributed by atoms with Crippen LogP contribution in [0.1, 0.15) is 30.5 Å². The molecule has 0 aliphatic carbocycles. The minimum atomic E-state index is -0.298. The van der Waals surface area contributed by atoms with Gasteiger partial charge in [-0.25, -0.2) is 4.79 Å². The third-order valence-electron chi connectivity index (χ3n) is 2.62. The maximum absolute atomic E-state index is 11.3. The van der Waals surface area contributed by atoms with Gasteiger partial charge in [0, 0.05) is 15.8 Å². The first-order valence-corrected chi connectivity index (χ1v) is 7.77. The minimum Gasteiger partial charge on any atom is -0.463 e. The van der Waals surface area contributed by atoms with Gasteiger partial charge in [0.25, 0.3) is 0 Å². The molecule has 0 amide bonds. The standard InChI is InChI=1S/C18H22O2S/c1-5-20-18(19)13-15(3)8-6-7-14(2)9-11-17-12-10-16(4)21-17/h6-13H,5H2,1-4H3/b8-6+,11-9+,14-7+,15-13+. The molecule has 0 N–H and O–H groups in total. The lowest BCUT2D eigenvalue weighted by Gasteiger charge is -1.95. The van der Waals surface area contributed by atoms with Crippen molar-refractivity contribution in [2.24, 2.45) is 0 Å². The molecule has 0 bridgehead atoms. The van der Waals surface area contributed by atoms with E-state index in [1.807, 2.05) is 32.1 Å². The summed E-state index contributed by atoms with van der Waals surface area (Å²) in [5, 5.41) is 0. The maximum atomic E-state index is 11.3. The Hall–Kier alpha value is -1.87. The van der Waals surface area contributed by atoms with Crippen molar-refractivity contribution < 1.29 is 9.53 Å². The molecule has 0 unspecified atom stereocenters. The van der Waals surface area contributed by atoms with Crippen molar-refractivity contribution in [1.82, 2.24) is 0 Å². The van der Waals surface area contributed by atoms with E-state index >= 15 is 0 Å². The fourth-order valence-electron chi connectivity index (χ4n) is 1.58. The highest BCUT2D eigenvalue weighted by Gasteiger charge is 1.94. The first-order valence-electron chi connectivity index (χ1n) is 6.96. The number of aryl methyl sites for hydroxylation is 1. The number of hydrogen-bond acceptors (Lipinski definition) is 3. The van der Waals surface area contributed by atoms with Crippen molar-refractivity contribution in [2.75, 3.05) is 6.61 Å². The number of thiophene rings is 1. The Bertz CT molecular complexity index is 586. The average molecular weight is 302 g/mol. The van der Waals surface area contributed by atoms with Crippen LogP contribution in [-0.4, -0.2) is 12.6 Å². The van der Waals surface area contributed by atoms with Crippen molar-refractivity contribution >= 4 is 23.4 Å². The highest BCUT2D eigenvalue weighted by atomic mass is 32.1. The van der Waals surface area contributed by atoms with E-state index in [2.05, 4.69) is 31.2 Å². The summed E-state index contributed by atoms with van der Waals surface area (Å²) >= 11 is 1.78. The van der Waals surface area contributed by atoms with Crippen LogP contribution in [0.25, 0.3) is 6.08 Å². The molecule has 0 radical (unpaired) electrons. The first-order chi connectivity index (χ1) is 10.0. The van der Waals surface area contributed by atoms with E-state index in [1.54, 1.807) is 18.3 Å². The van der Waals surface area contributed by atoms with E-state index in [0.717, 1.165) is 11.1 Å². The Labute approximate surface area is 131 Å². The van der Waals surface area contributed by atoms with Crippen molar-refractivity contribution in [3.8, 4) is 0 Å². The van der Waals surface area contributed by atoms with Gasteiger partial charge in [-0.1, -0.05) is 29.9 Å². The molecular weight excluding hydrogens is 280 g/mol. The van der Waals surface area contributed by atoms with Crippen LogP contribution in [-0.2, 0) is 9.53 Å². The molecule has 1 aromatic heterocycles. The van der Waals surface area contributed by atoms with E-state index in [1.165, 1.54) is 15.8 Å². The van der Waals surface area contributed by atoms with Crippen LogP contribution in [0.5, 0.6) is 0 Å². The summed E-state index contributed by atoms with van der Waals surface area (Å²) in [7, 11) is 0. The fourth-order valence-corrected chi connectivity index (χ4v) is 2.36. The van der Waals surface area contributed by atoms with Gasteiger partial charge in [0.05, 0.1) is 6.61 Å². The van der Waals surface area contributed by atoms with Crippen LogP contribution >= 0.6 is 11.3 Å². The molecule has 0 spiro atoms. The number of carbonyl (C=O) groups excluding carboxylic acids is 1. The monoisotopic (exact) mass is 302 g/mol. The van der Waals surface area contributed by atoms with Gasteiger partial charge in [-0.2, -0.15) is 0 Å². The molecule has 0 aromatic carbocycles. The molecule has 2 nitrogen and oxygen atoms in total. The zero-order chi connectivity index (χ0) is 15.7. The van der Waals surface area contributed by atoms with Crippen LogP contribution in [0.4, 0.5) is 0 Å². The third-order valence-corrected chi connectivity index (χ3v) is 3.59. The maximum Gasteiger partial charge on any atom is 0.330 e. The summed E-state index contributed by atoms with van der Waals surface area (Å²) in [6, 6.07) is 4.23. The molecule has 1 aromatic rings. The van der Waals surface area contributed by atoms with Gasteiger partial charge in [-0.15, -0.1) is 11.3 Å². The summed E-state index contributed by atoms with van der Waals surface area (Å²) in [6.45, 7) is 8.22. The summed E-state index contributed by atoms with van der Waals surface area (Å²) in [6.07, 6.45) is 11.5. The topological polar surface area (TPSA) is 26.3 Å². The van der Waals surface area contributed by atoms with Crippen LogP contribution < -0.4 is 0 Å². The predicted octanol–water partition coefficient (Wildman–Crippen LogP) is 5.08. The van der Waals surface area contributed by atoms with Crippen LogP contribution in [0.2, 0.25) is 0 Å². The van der Waals surface area contributed by atoms with Crippen LogP contribution in [0, 0.1) is 6.92 Å². The van der Waals surface area contributed by atoms with Gasteiger partial charge in [0.2, 0.25) is 0 Å². The lowest BCUT2D eigenvalue weighted by Crippen LogP contribution is -1.99. The number of carbonyl (C=O) groups is 1.